The minimum atomic E-state index is -3.89. The van der Waals surface area contributed by atoms with Gasteiger partial charge in [0, 0.05) is 4.90 Å². The second-order valence-corrected chi connectivity index (χ2v) is 14.2. The van der Waals surface area contributed by atoms with Crippen LogP contribution in [0.3, 0.4) is 0 Å². The molecule has 3 rings (SSSR count). The van der Waals surface area contributed by atoms with Crippen molar-refractivity contribution in [2.45, 2.75) is 126 Å². The molecule has 0 spiro atoms. The van der Waals surface area contributed by atoms with Crippen molar-refractivity contribution in [3.8, 4) is 0 Å². The molecule has 2 aromatic carbocycles. The fraction of sp³-hybridized carbons (Fsp3) is 0.625. The Morgan fingerprint density at radius 1 is 0.811 bits per heavy atom. The van der Waals surface area contributed by atoms with Gasteiger partial charge < -0.3 is 0 Å². The first kappa shape index (κ1) is 30.2. The monoisotopic (exact) mass is 544 g/mol. The second kappa shape index (κ2) is 13.2. The van der Waals surface area contributed by atoms with E-state index < -0.39 is 10.1 Å². The van der Waals surface area contributed by atoms with Crippen LogP contribution in [0.2, 0.25) is 0 Å². The molecule has 0 radical (unpaired) electrons. The van der Waals surface area contributed by atoms with Crippen molar-refractivity contribution in [1.82, 2.24) is 0 Å². The van der Waals surface area contributed by atoms with Gasteiger partial charge >= 0.3 is 0 Å². The van der Waals surface area contributed by atoms with Crippen molar-refractivity contribution in [3.05, 3.63) is 58.7 Å². The molecule has 0 N–H and O–H groups in total. The minimum Gasteiger partial charge on any atom is -0.266 e. The molecule has 0 heterocycles. The molecular formula is C32H48O3S2. The van der Waals surface area contributed by atoms with E-state index in [1.165, 1.54) is 48.1 Å². The molecule has 37 heavy (non-hydrogen) atoms. The lowest BCUT2D eigenvalue weighted by atomic mass is 9.69. The van der Waals surface area contributed by atoms with Gasteiger partial charge in [-0.3, -0.25) is 4.18 Å². The maximum Gasteiger partial charge on any atom is 0.297 e. The van der Waals surface area contributed by atoms with Crippen LogP contribution < -0.4 is 0 Å². The highest BCUT2D eigenvalue weighted by molar-refractivity contribution is 7.98. The summed E-state index contributed by atoms with van der Waals surface area (Å²) in [4.78, 5) is 1.66. The van der Waals surface area contributed by atoms with Gasteiger partial charge in [0.1, 0.15) is 4.90 Å². The predicted octanol–water partition coefficient (Wildman–Crippen LogP) is 9.56. The molecule has 0 saturated heterocycles. The van der Waals surface area contributed by atoms with E-state index in [1.54, 1.807) is 11.8 Å². The lowest BCUT2D eigenvalue weighted by molar-refractivity contribution is 0.224. The Kier molecular flexibility index (Phi) is 10.8. The molecule has 1 saturated carbocycles. The van der Waals surface area contributed by atoms with Crippen LogP contribution >= 0.6 is 11.8 Å². The summed E-state index contributed by atoms with van der Waals surface area (Å²) in [6.45, 7) is 12.8. The van der Waals surface area contributed by atoms with Crippen molar-refractivity contribution in [2.75, 3.05) is 12.9 Å². The normalized spacial score (nSPS) is 16.8. The number of benzene rings is 2. The summed E-state index contributed by atoms with van der Waals surface area (Å²) in [5.74, 6) is 0.525. The van der Waals surface area contributed by atoms with Crippen LogP contribution in [0.5, 0.6) is 0 Å². The molecule has 5 heteroatoms. The lowest BCUT2D eigenvalue weighted by Gasteiger charge is -2.36. The van der Waals surface area contributed by atoms with Crippen LogP contribution in [0.15, 0.2) is 46.2 Å². The molecule has 0 bridgehead atoms. The third kappa shape index (κ3) is 7.42. The Morgan fingerprint density at radius 2 is 1.32 bits per heavy atom. The van der Waals surface area contributed by atoms with Gasteiger partial charge in [-0.05, 0) is 83.1 Å². The standard InChI is InChI=1S/C32H48O3S2/c1-23(2)26-21-29(24(3)4)31(30(22-26)25(5)6)37(33,34)35-20-19-32(17-11-9-8-10-12-18-32)27-13-15-28(36-7)16-14-27/h13-16,21-25H,8-12,17-20H2,1-7H3. The summed E-state index contributed by atoms with van der Waals surface area (Å²) >= 11 is 1.76. The average Bonchev–Trinajstić information content (AvgIpc) is 2.84. The molecule has 0 atom stereocenters. The number of rotatable bonds is 10. The first-order chi connectivity index (χ1) is 17.5. The Morgan fingerprint density at radius 3 is 1.78 bits per heavy atom. The van der Waals surface area contributed by atoms with Gasteiger partial charge in [0.2, 0.25) is 0 Å². The fourth-order valence-corrected chi connectivity index (χ4v) is 7.79. The van der Waals surface area contributed by atoms with Crippen LogP contribution in [-0.4, -0.2) is 21.3 Å². The maximum absolute atomic E-state index is 13.8. The SMILES string of the molecule is CSc1ccc(C2(CCOS(=O)(=O)c3c(C(C)C)cc(C(C)C)cc3C(C)C)CCCCCCC2)cc1. The van der Waals surface area contributed by atoms with Crippen molar-refractivity contribution in [3.63, 3.8) is 0 Å². The van der Waals surface area contributed by atoms with Gasteiger partial charge in [-0.1, -0.05) is 97.9 Å². The van der Waals surface area contributed by atoms with Crippen molar-refractivity contribution in [2.24, 2.45) is 0 Å². The van der Waals surface area contributed by atoms with E-state index in [4.69, 9.17) is 4.18 Å². The lowest BCUT2D eigenvalue weighted by Crippen LogP contribution is -2.30. The van der Waals surface area contributed by atoms with E-state index in [0.717, 1.165) is 30.4 Å². The molecule has 2 aromatic rings. The first-order valence-corrected chi connectivity index (χ1v) is 16.9. The van der Waals surface area contributed by atoms with Crippen LogP contribution in [-0.2, 0) is 19.7 Å². The van der Waals surface area contributed by atoms with Crippen molar-refractivity contribution >= 4 is 21.9 Å². The average molecular weight is 545 g/mol. The first-order valence-electron chi connectivity index (χ1n) is 14.2. The molecule has 1 fully saturated rings. The zero-order valence-electron chi connectivity index (χ0n) is 24.1. The molecule has 0 aliphatic heterocycles. The van der Waals surface area contributed by atoms with E-state index in [9.17, 15) is 8.42 Å². The molecule has 1 aliphatic rings. The van der Waals surface area contributed by atoms with Gasteiger partial charge in [-0.15, -0.1) is 11.8 Å². The number of hydrogen-bond acceptors (Lipinski definition) is 4. The van der Waals surface area contributed by atoms with Crippen molar-refractivity contribution in [1.29, 1.82) is 0 Å². The zero-order chi connectivity index (χ0) is 27.2. The largest absolute Gasteiger partial charge is 0.297 e. The Labute approximate surface area is 231 Å². The highest BCUT2D eigenvalue weighted by atomic mass is 32.2. The summed E-state index contributed by atoms with van der Waals surface area (Å²) in [5, 5.41) is 0. The van der Waals surface area contributed by atoms with Crippen LogP contribution in [0.4, 0.5) is 0 Å². The number of hydrogen-bond donors (Lipinski definition) is 0. The zero-order valence-corrected chi connectivity index (χ0v) is 25.7. The van der Waals surface area contributed by atoms with Gasteiger partial charge in [0.15, 0.2) is 0 Å². The Bertz CT molecular complexity index is 1080. The van der Waals surface area contributed by atoms with Gasteiger partial charge in [-0.2, -0.15) is 8.42 Å². The van der Waals surface area contributed by atoms with E-state index in [0.29, 0.717) is 10.8 Å². The molecule has 3 nitrogen and oxygen atoms in total. The summed E-state index contributed by atoms with van der Waals surface area (Å²) in [6.07, 6.45) is 11.2. The smallest absolute Gasteiger partial charge is 0.266 e. The summed E-state index contributed by atoms with van der Waals surface area (Å²) in [7, 11) is -3.89. The Balaban J connectivity index is 1.93. The third-order valence-corrected chi connectivity index (χ3v) is 10.4. The molecule has 206 valence electrons. The highest BCUT2D eigenvalue weighted by Crippen LogP contribution is 2.42. The molecule has 0 unspecified atom stereocenters. The maximum atomic E-state index is 13.8. The minimum absolute atomic E-state index is 0.0316. The molecular weight excluding hydrogens is 496 g/mol. The Hall–Kier alpha value is -1.30. The highest BCUT2D eigenvalue weighted by Gasteiger charge is 2.34. The van der Waals surface area contributed by atoms with Gasteiger partial charge in [-0.25, -0.2) is 0 Å². The molecule has 1 aliphatic carbocycles. The topological polar surface area (TPSA) is 43.4 Å². The van der Waals surface area contributed by atoms with Crippen molar-refractivity contribution < 1.29 is 12.6 Å². The van der Waals surface area contributed by atoms with Gasteiger partial charge in [0.25, 0.3) is 10.1 Å². The second-order valence-electron chi connectivity index (χ2n) is 11.8. The quantitative estimate of drug-likeness (QED) is 0.221. The summed E-state index contributed by atoms with van der Waals surface area (Å²) in [6, 6.07) is 13.1. The fourth-order valence-electron chi connectivity index (χ4n) is 5.79. The van der Waals surface area contributed by atoms with Crippen LogP contribution in [0, 0.1) is 0 Å². The van der Waals surface area contributed by atoms with Gasteiger partial charge in [0.05, 0.1) is 6.61 Å². The summed E-state index contributed by atoms with van der Waals surface area (Å²) < 4.78 is 33.6. The van der Waals surface area contributed by atoms with E-state index in [-0.39, 0.29) is 23.9 Å². The van der Waals surface area contributed by atoms with E-state index >= 15 is 0 Å². The van der Waals surface area contributed by atoms with Crippen LogP contribution in [0.25, 0.3) is 0 Å². The molecule has 0 amide bonds. The summed E-state index contributed by atoms with van der Waals surface area (Å²) in [5.41, 5.74) is 4.25. The predicted molar refractivity (Wildman–Crippen MR) is 159 cm³/mol. The van der Waals surface area contributed by atoms with E-state index in [2.05, 4.69) is 84.2 Å². The van der Waals surface area contributed by atoms with Crippen LogP contribution in [0.1, 0.15) is 133 Å². The third-order valence-electron chi connectivity index (χ3n) is 8.16. The number of thioether (sulfide) groups is 1. The molecule has 0 aromatic heterocycles. The van der Waals surface area contributed by atoms with E-state index in [1.807, 2.05) is 0 Å².